The molecule has 1 aromatic carbocycles. The lowest BCUT2D eigenvalue weighted by atomic mass is 10.1. The van der Waals surface area contributed by atoms with Crippen LogP contribution in [0.4, 0.5) is 0 Å². The van der Waals surface area contributed by atoms with Crippen LogP contribution in [0.15, 0.2) is 53.8 Å². The number of halogens is 2. The van der Waals surface area contributed by atoms with Crippen LogP contribution < -0.4 is 5.32 Å². The second-order valence-corrected chi connectivity index (χ2v) is 6.36. The van der Waals surface area contributed by atoms with E-state index in [1.807, 2.05) is 43.6 Å². The van der Waals surface area contributed by atoms with Gasteiger partial charge in [-0.05, 0) is 41.8 Å². The van der Waals surface area contributed by atoms with Gasteiger partial charge in [0.15, 0.2) is 5.96 Å². The van der Waals surface area contributed by atoms with E-state index in [1.165, 1.54) is 16.5 Å². The fourth-order valence-electron chi connectivity index (χ4n) is 2.85. The molecule has 0 aliphatic rings. The van der Waals surface area contributed by atoms with Crippen molar-refractivity contribution in [1.82, 2.24) is 20.2 Å². The minimum atomic E-state index is 0. The molecule has 0 atom stereocenters. The van der Waals surface area contributed by atoms with E-state index in [0.717, 1.165) is 36.1 Å². The van der Waals surface area contributed by atoms with Gasteiger partial charge in [0.05, 0.1) is 0 Å². The molecular formula is C19H23ClIN5. The Labute approximate surface area is 175 Å². The maximum absolute atomic E-state index is 5.94. The van der Waals surface area contributed by atoms with Gasteiger partial charge in [0, 0.05) is 50.0 Å². The molecule has 0 saturated carbocycles. The lowest BCUT2D eigenvalue weighted by molar-refractivity contribution is 0.477. The first-order chi connectivity index (χ1) is 12.2. The summed E-state index contributed by atoms with van der Waals surface area (Å²) in [7, 11) is 3.83. The minimum Gasteiger partial charge on any atom is -0.356 e. The average Bonchev–Trinajstić information content (AvgIpc) is 3.04. The molecule has 2 N–H and O–H groups in total. The molecule has 0 unspecified atom stereocenters. The van der Waals surface area contributed by atoms with Crippen LogP contribution in [0, 0.1) is 0 Å². The number of aromatic nitrogens is 2. The van der Waals surface area contributed by atoms with Gasteiger partial charge in [-0.15, -0.1) is 24.0 Å². The van der Waals surface area contributed by atoms with Gasteiger partial charge in [-0.25, -0.2) is 4.98 Å². The van der Waals surface area contributed by atoms with Crippen molar-refractivity contribution in [1.29, 1.82) is 0 Å². The van der Waals surface area contributed by atoms with Crippen molar-refractivity contribution < 1.29 is 0 Å². The Kier molecular flexibility index (Phi) is 7.71. The Morgan fingerprint density at radius 1 is 1.27 bits per heavy atom. The van der Waals surface area contributed by atoms with E-state index in [0.29, 0.717) is 0 Å². The topological polar surface area (TPSA) is 56.3 Å². The molecular weight excluding hydrogens is 461 g/mol. The predicted octanol–water partition coefficient (Wildman–Crippen LogP) is 4.08. The summed E-state index contributed by atoms with van der Waals surface area (Å²) >= 11 is 5.94. The Hall–Kier alpha value is -1.80. The monoisotopic (exact) mass is 483 g/mol. The highest BCUT2D eigenvalue weighted by Gasteiger charge is 2.08. The van der Waals surface area contributed by atoms with E-state index >= 15 is 0 Å². The molecule has 0 aliphatic heterocycles. The molecule has 0 spiro atoms. The number of hydrogen-bond acceptors (Lipinski definition) is 2. The maximum Gasteiger partial charge on any atom is 0.193 e. The second kappa shape index (κ2) is 9.78. The third kappa shape index (κ3) is 5.11. The molecule has 0 saturated heterocycles. The van der Waals surface area contributed by atoms with Crippen LogP contribution in [0.5, 0.6) is 0 Å². The van der Waals surface area contributed by atoms with Crippen LogP contribution in [0.1, 0.15) is 11.1 Å². The zero-order chi connectivity index (χ0) is 17.6. The molecule has 0 bridgehead atoms. The SMILES string of the molecule is CN=C(NCCc1c[nH]c2ncccc12)N(C)Cc1ccc(Cl)cc1.I. The van der Waals surface area contributed by atoms with Crippen molar-refractivity contribution in [2.24, 2.45) is 4.99 Å². The van der Waals surface area contributed by atoms with Gasteiger partial charge in [-0.1, -0.05) is 23.7 Å². The molecule has 2 aromatic heterocycles. The van der Waals surface area contributed by atoms with E-state index in [4.69, 9.17) is 11.6 Å². The number of H-pyrrole nitrogens is 1. The zero-order valence-electron chi connectivity index (χ0n) is 14.9. The summed E-state index contributed by atoms with van der Waals surface area (Å²) in [6.07, 6.45) is 4.73. The first-order valence-electron chi connectivity index (χ1n) is 8.24. The first kappa shape index (κ1) is 20.5. The fourth-order valence-corrected chi connectivity index (χ4v) is 2.98. The third-order valence-electron chi connectivity index (χ3n) is 4.12. The number of rotatable bonds is 5. The summed E-state index contributed by atoms with van der Waals surface area (Å²) in [4.78, 5) is 14.0. The quantitative estimate of drug-likeness (QED) is 0.327. The highest BCUT2D eigenvalue weighted by atomic mass is 127. The molecule has 0 aliphatic carbocycles. The van der Waals surface area contributed by atoms with Crippen LogP contribution in [0.25, 0.3) is 11.0 Å². The summed E-state index contributed by atoms with van der Waals surface area (Å²) in [5.41, 5.74) is 3.38. The molecule has 0 amide bonds. The van der Waals surface area contributed by atoms with Gasteiger partial charge in [-0.3, -0.25) is 4.99 Å². The fraction of sp³-hybridized carbons (Fsp3) is 0.263. The molecule has 5 nitrogen and oxygen atoms in total. The summed E-state index contributed by atoms with van der Waals surface area (Å²) in [6.45, 7) is 1.58. The number of hydrogen-bond donors (Lipinski definition) is 2. The van der Waals surface area contributed by atoms with E-state index in [9.17, 15) is 0 Å². The summed E-state index contributed by atoms with van der Waals surface area (Å²) < 4.78 is 0. The second-order valence-electron chi connectivity index (χ2n) is 5.92. The van der Waals surface area contributed by atoms with Gasteiger partial charge in [-0.2, -0.15) is 0 Å². The minimum absolute atomic E-state index is 0. The standard InChI is InChI=1S/C19H22ClN5.HI/c1-21-19(25(2)13-14-5-7-16(20)8-6-14)23-11-9-15-12-24-18-17(15)4-3-10-22-18;/h3-8,10,12H,9,11,13H2,1-2H3,(H,21,23)(H,22,24);1H. The molecule has 0 radical (unpaired) electrons. The normalized spacial score (nSPS) is 11.3. The maximum atomic E-state index is 5.94. The average molecular weight is 484 g/mol. The summed E-state index contributed by atoms with van der Waals surface area (Å²) in [6, 6.07) is 11.9. The lowest BCUT2D eigenvalue weighted by Gasteiger charge is -2.22. The summed E-state index contributed by atoms with van der Waals surface area (Å²) in [5, 5.41) is 5.35. The van der Waals surface area contributed by atoms with E-state index in [-0.39, 0.29) is 24.0 Å². The number of benzene rings is 1. The highest BCUT2D eigenvalue weighted by molar-refractivity contribution is 14.0. The van der Waals surface area contributed by atoms with Crippen LogP contribution in [0.2, 0.25) is 5.02 Å². The molecule has 2 heterocycles. The van der Waals surface area contributed by atoms with Gasteiger partial charge < -0.3 is 15.2 Å². The van der Waals surface area contributed by atoms with Crippen LogP contribution >= 0.6 is 35.6 Å². The molecule has 3 rings (SSSR count). The number of aromatic amines is 1. The predicted molar refractivity (Wildman–Crippen MR) is 119 cm³/mol. The largest absolute Gasteiger partial charge is 0.356 e. The smallest absolute Gasteiger partial charge is 0.193 e. The summed E-state index contributed by atoms with van der Waals surface area (Å²) in [5.74, 6) is 0.868. The van der Waals surface area contributed by atoms with E-state index in [2.05, 4.69) is 31.2 Å². The van der Waals surface area contributed by atoms with Crippen molar-refractivity contribution >= 4 is 52.6 Å². The molecule has 3 aromatic rings. The van der Waals surface area contributed by atoms with Crippen molar-refractivity contribution in [3.05, 3.63) is 64.9 Å². The number of nitrogens with one attached hydrogen (secondary N) is 2. The number of aliphatic imine (C=N–C) groups is 1. The third-order valence-corrected chi connectivity index (χ3v) is 4.37. The first-order valence-corrected chi connectivity index (χ1v) is 8.62. The lowest BCUT2D eigenvalue weighted by Crippen LogP contribution is -2.39. The Morgan fingerprint density at radius 2 is 2.04 bits per heavy atom. The van der Waals surface area contributed by atoms with E-state index < -0.39 is 0 Å². The van der Waals surface area contributed by atoms with Gasteiger partial charge in [0.2, 0.25) is 0 Å². The highest BCUT2D eigenvalue weighted by Crippen LogP contribution is 2.15. The molecule has 7 heteroatoms. The Bertz CT molecular complexity index is 860. The van der Waals surface area contributed by atoms with Crippen LogP contribution in [0.3, 0.4) is 0 Å². The van der Waals surface area contributed by atoms with Crippen molar-refractivity contribution in [2.75, 3.05) is 20.6 Å². The number of nitrogens with zero attached hydrogens (tertiary/aromatic N) is 3. The van der Waals surface area contributed by atoms with E-state index in [1.54, 1.807) is 13.2 Å². The van der Waals surface area contributed by atoms with Crippen LogP contribution in [-0.4, -0.2) is 41.5 Å². The molecule has 0 fully saturated rings. The number of guanidine groups is 1. The van der Waals surface area contributed by atoms with Crippen molar-refractivity contribution in [2.45, 2.75) is 13.0 Å². The zero-order valence-corrected chi connectivity index (χ0v) is 18.0. The van der Waals surface area contributed by atoms with Crippen molar-refractivity contribution in [3.8, 4) is 0 Å². The Balaban J connectivity index is 0.00000243. The molecule has 138 valence electrons. The van der Waals surface area contributed by atoms with Gasteiger partial charge >= 0.3 is 0 Å². The van der Waals surface area contributed by atoms with Gasteiger partial charge in [0.1, 0.15) is 5.65 Å². The van der Waals surface area contributed by atoms with Crippen molar-refractivity contribution in [3.63, 3.8) is 0 Å². The van der Waals surface area contributed by atoms with Crippen LogP contribution in [-0.2, 0) is 13.0 Å². The molecule has 26 heavy (non-hydrogen) atoms. The number of pyridine rings is 1. The van der Waals surface area contributed by atoms with Gasteiger partial charge in [0.25, 0.3) is 0 Å². The Morgan fingerprint density at radius 3 is 2.77 bits per heavy atom. The number of fused-ring (bicyclic) bond motifs is 1.